The van der Waals surface area contributed by atoms with Gasteiger partial charge >= 0.3 is 5.97 Å². The van der Waals surface area contributed by atoms with Gasteiger partial charge in [0.15, 0.2) is 0 Å². The predicted molar refractivity (Wildman–Crippen MR) is 68.6 cm³/mol. The number of rotatable bonds is 3. The molecule has 0 aliphatic carbocycles. The average Bonchev–Trinajstić information content (AvgIpc) is 2.81. The Hall–Kier alpha value is -2.30. The minimum atomic E-state index is -0.566. The summed E-state index contributed by atoms with van der Waals surface area (Å²) in [6.07, 6.45) is 0. The van der Waals surface area contributed by atoms with Gasteiger partial charge in [-0.25, -0.2) is 4.79 Å². The van der Waals surface area contributed by atoms with E-state index in [-0.39, 0.29) is 36.9 Å². The van der Waals surface area contributed by atoms with Gasteiger partial charge in [-0.2, -0.15) is 0 Å². The molecule has 1 aromatic carbocycles. The summed E-state index contributed by atoms with van der Waals surface area (Å²) in [5.41, 5.74) is 0.687. The number of carbonyl (C=O) groups is 2. The topological polar surface area (TPSA) is 66.8 Å². The summed E-state index contributed by atoms with van der Waals surface area (Å²) >= 11 is 0. The third kappa shape index (κ3) is 2.76. The van der Waals surface area contributed by atoms with Crippen molar-refractivity contribution in [3.8, 4) is 0 Å². The molecular weight excluding hydrogens is 246 g/mol. The largest absolute Gasteiger partial charge is 0.510 e. The van der Waals surface area contributed by atoms with Crippen LogP contribution in [0.1, 0.15) is 17.3 Å². The smallest absolute Gasteiger partial charge is 0.339 e. The summed E-state index contributed by atoms with van der Waals surface area (Å²) in [7, 11) is 0. The molecule has 0 atom stereocenters. The van der Waals surface area contributed by atoms with Crippen molar-refractivity contribution in [1.29, 1.82) is 0 Å². The van der Waals surface area contributed by atoms with E-state index in [1.54, 1.807) is 31.2 Å². The van der Waals surface area contributed by atoms with E-state index in [2.05, 4.69) is 0 Å². The van der Waals surface area contributed by atoms with E-state index in [1.807, 2.05) is 6.07 Å². The summed E-state index contributed by atoms with van der Waals surface area (Å²) in [6.45, 7) is 2.06. The first-order chi connectivity index (χ1) is 9.13. The standard InChI is InChI=1S/C14H15NO4/c1-2-19-14(18)11-8-15(9-12(11)16)13(17)10-6-4-3-5-7-10/h3-7,16H,2,8-9H2,1H3. The number of aliphatic hydroxyl groups excluding tert-OH is 1. The highest BCUT2D eigenvalue weighted by Crippen LogP contribution is 2.19. The van der Waals surface area contributed by atoms with Gasteiger partial charge in [0.1, 0.15) is 5.76 Å². The zero-order valence-corrected chi connectivity index (χ0v) is 10.6. The number of amides is 1. The van der Waals surface area contributed by atoms with Crippen molar-refractivity contribution in [2.24, 2.45) is 0 Å². The van der Waals surface area contributed by atoms with Gasteiger partial charge in [0.2, 0.25) is 0 Å². The second-order valence-electron chi connectivity index (χ2n) is 4.17. The molecule has 1 amide bonds. The van der Waals surface area contributed by atoms with Crippen molar-refractivity contribution in [3.63, 3.8) is 0 Å². The molecule has 0 fully saturated rings. The molecule has 0 unspecified atom stereocenters. The lowest BCUT2D eigenvalue weighted by Gasteiger charge is -2.15. The van der Waals surface area contributed by atoms with Gasteiger partial charge in [-0.05, 0) is 19.1 Å². The molecule has 0 saturated carbocycles. The van der Waals surface area contributed by atoms with Crippen molar-refractivity contribution in [2.45, 2.75) is 6.92 Å². The third-order valence-corrected chi connectivity index (χ3v) is 2.87. The van der Waals surface area contributed by atoms with Crippen LogP contribution in [0.2, 0.25) is 0 Å². The molecular formula is C14H15NO4. The molecule has 0 spiro atoms. The molecule has 0 radical (unpaired) electrons. The van der Waals surface area contributed by atoms with Crippen LogP contribution < -0.4 is 0 Å². The number of hydrogen-bond donors (Lipinski definition) is 1. The van der Waals surface area contributed by atoms with E-state index in [4.69, 9.17) is 4.74 Å². The Morgan fingerprint density at radius 1 is 1.26 bits per heavy atom. The highest BCUT2D eigenvalue weighted by molar-refractivity contribution is 5.97. The molecule has 0 bridgehead atoms. The van der Waals surface area contributed by atoms with Gasteiger partial charge in [0.25, 0.3) is 5.91 Å². The first kappa shape index (κ1) is 13.1. The monoisotopic (exact) mass is 261 g/mol. The van der Waals surface area contributed by atoms with Crippen molar-refractivity contribution in [1.82, 2.24) is 4.90 Å². The lowest BCUT2D eigenvalue weighted by molar-refractivity contribution is -0.138. The number of nitrogens with zero attached hydrogens (tertiary/aromatic N) is 1. The van der Waals surface area contributed by atoms with Crippen LogP contribution in [0.4, 0.5) is 0 Å². The van der Waals surface area contributed by atoms with Crippen LogP contribution in [0.15, 0.2) is 41.7 Å². The number of aliphatic hydroxyl groups is 1. The number of carbonyl (C=O) groups excluding carboxylic acids is 2. The molecule has 1 heterocycles. The van der Waals surface area contributed by atoms with E-state index in [9.17, 15) is 14.7 Å². The number of hydrogen-bond acceptors (Lipinski definition) is 4. The van der Waals surface area contributed by atoms with Crippen LogP contribution in [-0.4, -0.2) is 41.6 Å². The Bertz CT molecular complexity index is 522. The van der Waals surface area contributed by atoms with E-state index in [0.717, 1.165) is 0 Å². The summed E-state index contributed by atoms with van der Waals surface area (Å²) in [6, 6.07) is 8.75. The van der Waals surface area contributed by atoms with Gasteiger partial charge in [0.05, 0.1) is 25.3 Å². The Morgan fingerprint density at radius 3 is 2.58 bits per heavy atom. The van der Waals surface area contributed by atoms with Gasteiger partial charge in [-0.3, -0.25) is 4.79 Å². The molecule has 1 aliphatic rings. The molecule has 2 rings (SSSR count). The van der Waals surface area contributed by atoms with Crippen LogP contribution in [0.25, 0.3) is 0 Å². The molecule has 1 aliphatic heterocycles. The second-order valence-corrected chi connectivity index (χ2v) is 4.17. The molecule has 0 saturated heterocycles. The van der Waals surface area contributed by atoms with Crippen molar-refractivity contribution < 1.29 is 19.4 Å². The fourth-order valence-electron chi connectivity index (χ4n) is 1.92. The number of esters is 1. The van der Waals surface area contributed by atoms with E-state index in [0.29, 0.717) is 5.56 Å². The predicted octanol–water partition coefficient (Wildman–Crippen LogP) is 1.52. The highest BCUT2D eigenvalue weighted by atomic mass is 16.5. The zero-order chi connectivity index (χ0) is 13.8. The minimum Gasteiger partial charge on any atom is -0.510 e. The molecule has 0 aromatic heterocycles. The lowest BCUT2D eigenvalue weighted by atomic mass is 10.2. The molecule has 1 aromatic rings. The molecule has 5 nitrogen and oxygen atoms in total. The first-order valence-corrected chi connectivity index (χ1v) is 6.06. The Labute approximate surface area is 111 Å². The zero-order valence-electron chi connectivity index (χ0n) is 10.6. The summed E-state index contributed by atoms with van der Waals surface area (Å²) < 4.78 is 4.84. The molecule has 19 heavy (non-hydrogen) atoms. The van der Waals surface area contributed by atoms with Crippen LogP contribution >= 0.6 is 0 Å². The van der Waals surface area contributed by atoms with E-state index in [1.165, 1.54) is 4.90 Å². The maximum Gasteiger partial charge on any atom is 0.339 e. The van der Waals surface area contributed by atoms with Gasteiger partial charge < -0.3 is 14.7 Å². The Kier molecular flexibility index (Phi) is 3.85. The Morgan fingerprint density at radius 2 is 1.95 bits per heavy atom. The van der Waals surface area contributed by atoms with Crippen molar-refractivity contribution >= 4 is 11.9 Å². The van der Waals surface area contributed by atoms with Crippen LogP contribution in [0.3, 0.4) is 0 Å². The fraction of sp³-hybridized carbons (Fsp3) is 0.286. The maximum atomic E-state index is 12.2. The third-order valence-electron chi connectivity index (χ3n) is 2.87. The molecule has 100 valence electrons. The highest BCUT2D eigenvalue weighted by Gasteiger charge is 2.30. The Balaban J connectivity index is 2.08. The van der Waals surface area contributed by atoms with Crippen molar-refractivity contribution in [2.75, 3.05) is 19.7 Å². The molecule has 5 heteroatoms. The van der Waals surface area contributed by atoms with E-state index >= 15 is 0 Å². The SMILES string of the molecule is CCOC(=O)C1=C(O)CN(C(=O)c2ccccc2)C1. The van der Waals surface area contributed by atoms with Crippen LogP contribution in [-0.2, 0) is 9.53 Å². The summed E-state index contributed by atoms with van der Waals surface area (Å²) in [4.78, 5) is 25.2. The van der Waals surface area contributed by atoms with E-state index < -0.39 is 5.97 Å². The second kappa shape index (κ2) is 5.56. The minimum absolute atomic E-state index is 0.0435. The van der Waals surface area contributed by atoms with Gasteiger partial charge in [0, 0.05) is 5.56 Å². The van der Waals surface area contributed by atoms with Crippen LogP contribution in [0.5, 0.6) is 0 Å². The summed E-state index contributed by atoms with van der Waals surface area (Å²) in [5, 5.41) is 9.74. The normalized spacial score (nSPS) is 14.7. The fourth-order valence-corrected chi connectivity index (χ4v) is 1.92. The van der Waals surface area contributed by atoms with Crippen molar-refractivity contribution in [3.05, 3.63) is 47.2 Å². The lowest BCUT2D eigenvalue weighted by Crippen LogP contribution is -2.30. The summed E-state index contributed by atoms with van der Waals surface area (Å²) in [5.74, 6) is -0.877. The van der Waals surface area contributed by atoms with Crippen LogP contribution in [0, 0.1) is 0 Å². The quantitative estimate of drug-likeness (QED) is 0.838. The number of benzene rings is 1. The number of ether oxygens (including phenoxy) is 1. The maximum absolute atomic E-state index is 12.2. The molecule has 1 N–H and O–H groups in total. The average molecular weight is 261 g/mol. The first-order valence-electron chi connectivity index (χ1n) is 6.06. The van der Waals surface area contributed by atoms with Gasteiger partial charge in [-0.15, -0.1) is 0 Å². The van der Waals surface area contributed by atoms with Gasteiger partial charge in [-0.1, -0.05) is 18.2 Å².